The Morgan fingerprint density at radius 2 is 2.05 bits per heavy atom. The zero-order chi connectivity index (χ0) is 15.3. The third-order valence-corrected chi connectivity index (χ3v) is 5.33. The monoisotopic (exact) mass is 324 g/mol. The lowest BCUT2D eigenvalue weighted by molar-refractivity contribution is 0.481. The fourth-order valence-electron chi connectivity index (χ4n) is 1.52. The zero-order valence-corrected chi connectivity index (χ0v) is 13.0. The highest BCUT2D eigenvalue weighted by Gasteiger charge is 2.22. The molecule has 0 saturated heterocycles. The third kappa shape index (κ3) is 4.41. The van der Waals surface area contributed by atoms with Gasteiger partial charge in [-0.1, -0.05) is 6.92 Å². The maximum absolute atomic E-state index is 13.6. The molecule has 0 aliphatic rings. The first-order valence-electron chi connectivity index (χ1n) is 6.02. The second kappa shape index (κ2) is 7.35. The van der Waals surface area contributed by atoms with E-state index in [9.17, 15) is 17.2 Å². The van der Waals surface area contributed by atoms with Crippen LogP contribution < -0.4 is 10.5 Å². The number of halogens is 2. The van der Waals surface area contributed by atoms with Crippen LogP contribution >= 0.6 is 11.8 Å². The van der Waals surface area contributed by atoms with E-state index in [2.05, 4.69) is 4.72 Å². The van der Waals surface area contributed by atoms with Gasteiger partial charge in [-0.05, 0) is 30.4 Å². The SMILES string of the molecule is CSC(C)CCNS(=O)(=O)c1cc(CN)cc(F)c1F. The molecule has 0 heterocycles. The molecule has 114 valence electrons. The molecule has 0 aromatic heterocycles. The number of nitrogens with one attached hydrogen (secondary N) is 1. The molecule has 20 heavy (non-hydrogen) atoms. The van der Waals surface area contributed by atoms with Gasteiger partial charge in [0.15, 0.2) is 11.6 Å². The second-order valence-electron chi connectivity index (χ2n) is 4.33. The summed E-state index contributed by atoms with van der Waals surface area (Å²) in [6.07, 6.45) is 2.51. The van der Waals surface area contributed by atoms with Gasteiger partial charge in [-0.15, -0.1) is 0 Å². The van der Waals surface area contributed by atoms with Gasteiger partial charge in [0.2, 0.25) is 10.0 Å². The van der Waals surface area contributed by atoms with Crippen LogP contribution in [0.1, 0.15) is 18.9 Å². The lowest BCUT2D eigenvalue weighted by Gasteiger charge is -2.11. The Bertz CT molecular complexity index is 565. The first-order chi connectivity index (χ1) is 9.31. The van der Waals surface area contributed by atoms with Crippen LogP contribution in [-0.4, -0.2) is 26.5 Å². The van der Waals surface area contributed by atoms with Crippen LogP contribution in [0.15, 0.2) is 17.0 Å². The fraction of sp³-hybridized carbons (Fsp3) is 0.500. The highest BCUT2D eigenvalue weighted by atomic mass is 32.2. The summed E-state index contributed by atoms with van der Waals surface area (Å²) in [5.74, 6) is -2.60. The van der Waals surface area contributed by atoms with Crippen LogP contribution in [0.2, 0.25) is 0 Å². The molecule has 1 aromatic rings. The van der Waals surface area contributed by atoms with E-state index in [1.54, 1.807) is 11.8 Å². The first kappa shape index (κ1) is 17.4. The average Bonchev–Trinajstić information content (AvgIpc) is 2.40. The minimum absolute atomic E-state index is 0.0662. The van der Waals surface area contributed by atoms with E-state index >= 15 is 0 Å². The molecule has 1 unspecified atom stereocenters. The molecule has 3 N–H and O–H groups in total. The van der Waals surface area contributed by atoms with Gasteiger partial charge in [-0.3, -0.25) is 0 Å². The van der Waals surface area contributed by atoms with Gasteiger partial charge in [0, 0.05) is 18.3 Å². The molecule has 1 rings (SSSR count). The highest BCUT2D eigenvalue weighted by molar-refractivity contribution is 7.99. The largest absolute Gasteiger partial charge is 0.326 e. The van der Waals surface area contributed by atoms with E-state index < -0.39 is 26.6 Å². The van der Waals surface area contributed by atoms with Crippen molar-refractivity contribution in [1.29, 1.82) is 0 Å². The lowest BCUT2D eigenvalue weighted by Crippen LogP contribution is -2.27. The molecular formula is C12H18F2N2O2S2. The number of sulfonamides is 1. The molecule has 0 aliphatic heterocycles. The summed E-state index contributed by atoms with van der Waals surface area (Å²) >= 11 is 1.60. The molecule has 1 aromatic carbocycles. The minimum Gasteiger partial charge on any atom is -0.326 e. The third-order valence-electron chi connectivity index (χ3n) is 2.83. The molecule has 0 aliphatic carbocycles. The summed E-state index contributed by atoms with van der Waals surface area (Å²) in [6, 6.07) is 1.95. The number of hydrogen-bond donors (Lipinski definition) is 2. The number of thioether (sulfide) groups is 1. The summed E-state index contributed by atoms with van der Waals surface area (Å²) < 4.78 is 53.2. The van der Waals surface area contributed by atoms with E-state index in [0.29, 0.717) is 6.42 Å². The number of hydrogen-bond acceptors (Lipinski definition) is 4. The number of nitrogens with two attached hydrogens (primary N) is 1. The van der Waals surface area contributed by atoms with Gasteiger partial charge in [0.1, 0.15) is 4.90 Å². The first-order valence-corrected chi connectivity index (χ1v) is 8.79. The second-order valence-corrected chi connectivity index (χ2v) is 7.34. The Morgan fingerprint density at radius 3 is 2.60 bits per heavy atom. The van der Waals surface area contributed by atoms with Gasteiger partial charge >= 0.3 is 0 Å². The van der Waals surface area contributed by atoms with Crippen molar-refractivity contribution in [2.45, 2.75) is 30.0 Å². The van der Waals surface area contributed by atoms with Crippen LogP contribution in [0, 0.1) is 11.6 Å². The van der Waals surface area contributed by atoms with Crippen molar-refractivity contribution >= 4 is 21.8 Å². The van der Waals surface area contributed by atoms with Crippen molar-refractivity contribution in [3.63, 3.8) is 0 Å². The van der Waals surface area contributed by atoms with E-state index in [1.807, 2.05) is 13.2 Å². The van der Waals surface area contributed by atoms with Crippen molar-refractivity contribution in [2.75, 3.05) is 12.8 Å². The maximum Gasteiger partial charge on any atom is 0.243 e. The molecule has 0 fully saturated rings. The van der Waals surface area contributed by atoms with Gasteiger partial charge < -0.3 is 5.73 Å². The van der Waals surface area contributed by atoms with E-state index in [-0.39, 0.29) is 23.9 Å². The Hall–Kier alpha value is -0.700. The van der Waals surface area contributed by atoms with Crippen LogP contribution in [0.25, 0.3) is 0 Å². The summed E-state index contributed by atoms with van der Waals surface area (Å²) in [6.45, 7) is 2.05. The molecule has 0 amide bonds. The predicted molar refractivity (Wildman–Crippen MR) is 77.0 cm³/mol. The lowest BCUT2D eigenvalue weighted by atomic mass is 10.2. The molecule has 0 bridgehead atoms. The van der Waals surface area contributed by atoms with Crippen molar-refractivity contribution in [3.05, 3.63) is 29.3 Å². The van der Waals surface area contributed by atoms with Crippen LogP contribution in [0.5, 0.6) is 0 Å². The van der Waals surface area contributed by atoms with Crippen LogP contribution in [-0.2, 0) is 16.6 Å². The van der Waals surface area contributed by atoms with Crippen LogP contribution in [0.4, 0.5) is 8.78 Å². The topological polar surface area (TPSA) is 72.2 Å². The van der Waals surface area contributed by atoms with Gasteiger partial charge in [0.05, 0.1) is 0 Å². The standard InChI is InChI=1S/C12H18F2N2O2S2/c1-8(19-2)3-4-16-20(17,18)11-6-9(7-15)5-10(13)12(11)14/h5-6,8,16H,3-4,7,15H2,1-2H3. The summed E-state index contributed by atoms with van der Waals surface area (Å²) in [4.78, 5) is -0.699. The average molecular weight is 324 g/mol. The fourth-order valence-corrected chi connectivity index (χ4v) is 3.06. The summed E-state index contributed by atoms with van der Waals surface area (Å²) in [7, 11) is -4.08. The van der Waals surface area contributed by atoms with Crippen molar-refractivity contribution < 1.29 is 17.2 Å². The Labute approximate surface area is 122 Å². The number of rotatable bonds is 7. The Balaban J connectivity index is 2.95. The smallest absolute Gasteiger partial charge is 0.243 e. The minimum atomic E-state index is -4.08. The normalized spacial score (nSPS) is 13.4. The van der Waals surface area contributed by atoms with Gasteiger partial charge in [-0.2, -0.15) is 11.8 Å². The van der Waals surface area contributed by atoms with E-state index in [4.69, 9.17) is 5.73 Å². The number of benzene rings is 1. The molecule has 0 radical (unpaired) electrons. The summed E-state index contributed by atoms with van der Waals surface area (Å²) in [5.41, 5.74) is 5.56. The van der Waals surface area contributed by atoms with Crippen molar-refractivity contribution in [3.8, 4) is 0 Å². The predicted octanol–water partition coefficient (Wildman–Crippen LogP) is 1.84. The van der Waals surface area contributed by atoms with Gasteiger partial charge in [0.25, 0.3) is 0 Å². The van der Waals surface area contributed by atoms with E-state index in [0.717, 1.165) is 12.1 Å². The Morgan fingerprint density at radius 1 is 1.40 bits per heavy atom. The van der Waals surface area contributed by atoms with Crippen molar-refractivity contribution in [2.24, 2.45) is 5.73 Å². The van der Waals surface area contributed by atoms with Crippen molar-refractivity contribution in [1.82, 2.24) is 4.72 Å². The molecule has 0 spiro atoms. The van der Waals surface area contributed by atoms with E-state index in [1.165, 1.54) is 0 Å². The van der Waals surface area contributed by atoms with Gasteiger partial charge in [-0.25, -0.2) is 21.9 Å². The highest BCUT2D eigenvalue weighted by Crippen LogP contribution is 2.20. The zero-order valence-electron chi connectivity index (χ0n) is 11.3. The molecule has 8 heteroatoms. The quantitative estimate of drug-likeness (QED) is 0.803. The summed E-state index contributed by atoms with van der Waals surface area (Å²) in [5, 5.41) is 0.273. The molecule has 0 saturated carbocycles. The molecular weight excluding hydrogens is 306 g/mol. The molecule has 4 nitrogen and oxygen atoms in total. The molecule has 1 atom stereocenters. The Kier molecular flexibility index (Phi) is 6.38. The van der Waals surface area contributed by atoms with Crippen LogP contribution in [0.3, 0.4) is 0 Å². The maximum atomic E-state index is 13.6.